The molecular formula is C15H14N4OS2. The second kappa shape index (κ2) is 6.33. The van der Waals surface area contributed by atoms with E-state index >= 15 is 0 Å². The Morgan fingerprint density at radius 3 is 2.68 bits per heavy atom. The third-order valence-corrected chi connectivity index (χ3v) is 4.82. The number of rotatable bonds is 4. The number of anilines is 1. The molecule has 1 aromatic carbocycles. The Balaban J connectivity index is 1.76. The molecule has 0 radical (unpaired) electrons. The number of aromatic nitrogens is 3. The first-order valence-electron chi connectivity index (χ1n) is 6.82. The van der Waals surface area contributed by atoms with Crippen molar-refractivity contribution in [2.24, 2.45) is 0 Å². The van der Waals surface area contributed by atoms with Crippen molar-refractivity contribution in [3.8, 4) is 11.3 Å². The maximum absolute atomic E-state index is 12.1. The molecule has 0 saturated heterocycles. The Labute approximate surface area is 136 Å². The Morgan fingerprint density at radius 1 is 1.27 bits per heavy atom. The van der Waals surface area contributed by atoms with Crippen molar-refractivity contribution in [2.75, 3.05) is 5.32 Å². The van der Waals surface area contributed by atoms with E-state index in [2.05, 4.69) is 51.1 Å². The topological polar surface area (TPSA) is 67.8 Å². The lowest BCUT2D eigenvalue weighted by molar-refractivity contribution is 0.103. The highest BCUT2D eigenvalue weighted by molar-refractivity contribution is 7.14. The molecule has 0 aliphatic carbocycles. The van der Waals surface area contributed by atoms with E-state index in [1.54, 1.807) is 6.92 Å². The third-order valence-electron chi connectivity index (χ3n) is 3.24. The summed E-state index contributed by atoms with van der Waals surface area (Å²) >= 11 is 2.49. The Hall–Kier alpha value is -2.12. The smallest absolute Gasteiger partial charge is 0.271 e. The number of hydrogen-bond acceptors (Lipinski definition) is 6. The molecule has 1 N–H and O–H groups in total. The number of carbonyl (C=O) groups excluding carboxylic acids is 1. The van der Waals surface area contributed by atoms with Crippen LogP contribution in [0.2, 0.25) is 0 Å². The van der Waals surface area contributed by atoms with E-state index < -0.39 is 0 Å². The summed E-state index contributed by atoms with van der Waals surface area (Å²) in [4.78, 5) is 17.1. The van der Waals surface area contributed by atoms with Crippen LogP contribution < -0.4 is 5.32 Å². The molecule has 2 heterocycles. The molecule has 0 aliphatic rings. The first-order chi connectivity index (χ1) is 10.7. The van der Waals surface area contributed by atoms with Crippen molar-refractivity contribution < 1.29 is 4.79 Å². The summed E-state index contributed by atoms with van der Waals surface area (Å²) in [6.45, 7) is 3.89. The normalized spacial score (nSPS) is 10.6. The van der Waals surface area contributed by atoms with Crippen LogP contribution in [0.3, 0.4) is 0 Å². The average Bonchev–Trinajstić information content (AvgIpc) is 3.16. The van der Waals surface area contributed by atoms with E-state index in [0.29, 0.717) is 15.7 Å². The molecule has 3 rings (SSSR count). The maximum Gasteiger partial charge on any atom is 0.271 e. The van der Waals surface area contributed by atoms with E-state index in [0.717, 1.165) is 29.2 Å². The predicted octanol–water partition coefficient (Wildman–Crippen LogP) is 3.78. The molecule has 0 fully saturated rings. The van der Waals surface area contributed by atoms with Gasteiger partial charge in [-0.25, -0.2) is 4.98 Å². The molecule has 0 spiro atoms. The second-order valence-corrected chi connectivity index (χ2v) is 6.34. The van der Waals surface area contributed by atoms with Gasteiger partial charge in [0.2, 0.25) is 0 Å². The van der Waals surface area contributed by atoms with Gasteiger partial charge in [-0.15, -0.1) is 16.4 Å². The van der Waals surface area contributed by atoms with Gasteiger partial charge in [0.05, 0.1) is 11.4 Å². The van der Waals surface area contributed by atoms with Crippen molar-refractivity contribution in [3.63, 3.8) is 0 Å². The van der Waals surface area contributed by atoms with Gasteiger partial charge >= 0.3 is 0 Å². The molecule has 5 nitrogen and oxygen atoms in total. The quantitative estimate of drug-likeness (QED) is 0.790. The van der Waals surface area contributed by atoms with Crippen molar-refractivity contribution >= 4 is 33.9 Å². The number of hydrogen-bond donors (Lipinski definition) is 1. The van der Waals surface area contributed by atoms with Crippen molar-refractivity contribution in [2.45, 2.75) is 20.3 Å². The fraction of sp³-hybridized carbons (Fsp3) is 0.200. The van der Waals surface area contributed by atoms with Crippen LogP contribution >= 0.6 is 22.9 Å². The average molecular weight is 330 g/mol. The Kier molecular flexibility index (Phi) is 4.26. The number of aryl methyl sites for hydroxylation is 2. The molecule has 2 aromatic heterocycles. The van der Waals surface area contributed by atoms with Crippen LogP contribution in [-0.4, -0.2) is 20.5 Å². The number of nitrogens with zero attached hydrogens (tertiary/aromatic N) is 3. The summed E-state index contributed by atoms with van der Waals surface area (Å²) in [6.07, 6.45) is 1.01. The molecule has 0 bridgehead atoms. The fourth-order valence-electron chi connectivity index (χ4n) is 1.97. The van der Waals surface area contributed by atoms with E-state index in [9.17, 15) is 4.79 Å². The van der Waals surface area contributed by atoms with Gasteiger partial charge in [-0.05, 0) is 30.4 Å². The van der Waals surface area contributed by atoms with Crippen LogP contribution in [0, 0.1) is 6.92 Å². The third kappa shape index (κ3) is 3.05. The number of amides is 1. The highest BCUT2D eigenvalue weighted by Crippen LogP contribution is 2.26. The lowest BCUT2D eigenvalue weighted by Gasteiger charge is -2.00. The summed E-state index contributed by atoms with van der Waals surface area (Å²) in [5.41, 5.74) is 3.84. The zero-order valence-corrected chi connectivity index (χ0v) is 13.8. The Morgan fingerprint density at radius 2 is 2.05 bits per heavy atom. The highest BCUT2D eigenvalue weighted by atomic mass is 32.1. The largest absolute Gasteiger partial charge is 0.297 e. The Bertz CT molecular complexity index is 792. The summed E-state index contributed by atoms with van der Waals surface area (Å²) in [6, 6.07) is 8.30. The minimum absolute atomic E-state index is 0.213. The summed E-state index contributed by atoms with van der Waals surface area (Å²) in [5.74, 6) is -0.213. The molecule has 0 atom stereocenters. The van der Waals surface area contributed by atoms with Gasteiger partial charge in [-0.1, -0.05) is 35.7 Å². The van der Waals surface area contributed by atoms with Gasteiger partial charge in [-0.2, -0.15) is 0 Å². The van der Waals surface area contributed by atoms with Gasteiger partial charge in [-0.3, -0.25) is 10.1 Å². The van der Waals surface area contributed by atoms with Crippen LogP contribution in [0.25, 0.3) is 11.3 Å². The van der Waals surface area contributed by atoms with Crippen LogP contribution in [0.4, 0.5) is 5.13 Å². The molecule has 3 aromatic rings. The number of thiazole rings is 1. The number of carbonyl (C=O) groups is 1. The first kappa shape index (κ1) is 14.8. The predicted molar refractivity (Wildman–Crippen MR) is 89.5 cm³/mol. The molecule has 112 valence electrons. The highest BCUT2D eigenvalue weighted by Gasteiger charge is 2.15. The van der Waals surface area contributed by atoms with Crippen molar-refractivity contribution in [1.82, 2.24) is 14.6 Å². The molecule has 0 aliphatic heterocycles. The minimum Gasteiger partial charge on any atom is -0.297 e. The minimum atomic E-state index is -0.213. The van der Waals surface area contributed by atoms with Gasteiger partial charge in [0.15, 0.2) is 5.13 Å². The van der Waals surface area contributed by atoms with E-state index in [1.165, 1.54) is 16.9 Å². The summed E-state index contributed by atoms with van der Waals surface area (Å²) in [7, 11) is 0. The van der Waals surface area contributed by atoms with Gasteiger partial charge in [0.1, 0.15) is 4.88 Å². The summed E-state index contributed by atoms with van der Waals surface area (Å²) in [5, 5.41) is 9.15. The van der Waals surface area contributed by atoms with E-state index in [1.807, 2.05) is 5.38 Å². The van der Waals surface area contributed by atoms with Gasteiger partial charge in [0, 0.05) is 10.9 Å². The van der Waals surface area contributed by atoms with E-state index in [-0.39, 0.29) is 5.91 Å². The lowest BCUT2D eigenvalue weighted by Crippen LogP contribution is -2.11. The molecule has 22 heavy (non-hydrogen) atoms. The molecule has 7 heteroatoms. The summed E-state index contributed by atoms with van der Waals surface area (Å²) < 4.78 is 3.77. The SMILES string of the molecule is CCc1ccc(-c2csc(NC(=O)c3snnc3C)n2)cc1. The van der Waals surface area contributed by atoms with Gasteiger partial charge in [0.25, 0.3) is 5.91 Å². The maximum atomic E-state index is 12.1. The van der Waals surface area contributed by atoms with Crippen LogP contribution in [0.1, 0.15) is 27.9 Å². The van der Waals surface area contributed by atoms with Crippen molar-refractivity contribution in [1.29, 1.82) is 0 Å². The standard InChI is InChI=1S/C15H14N4OS2/c1-3-10-4-6-11(7-5-10)12-8-21-15(16-12)17-14(20)13-9(2)18-19-22-13/h4-8H,3H2,1-2H3,(H,16,17,20). The molecule has 1 amide bonds. The number of benzene rings is 1. The first-order valence-corrected chi connectivity index (χ1v) is 8.48. The molecule has 0 saturated carbocycles. The zero-order chi connectivity index (χ0) is 15.5. The molecule has 0 unspecified atom stereocenters. The van der Waals surface area contributed by atoms with Crippen LogP contribution in [0.15, 0.2) is 29.6 Å². The van der Waals surface area contributed by atoms with Crippen LogP contribution in [-0.2, 0) is 6.42 Å². The molecular weight excluding hydrogens is 316 g/mol. The van der Waals surface area contributed by atoms with E-state index in [4.69, 9.17) is 0 Å². The van der Waals surface area contributed by atoms with Crippen molar-refractivity contribution in [3.05, 3.63) is 45.8 Å². The second-order valence-electron chi connectivity index (χ2n) is 4.73. The fourth-order valence-corrected chi connectivity index (χ4v) is 3.24. The number of nitrogens with one attached hydrogen (secondary N) is 1. The monoisotopic (exact) mass is 330 g/mol. The van der Waals surface area contributed by atoms with Crippen LogP contribution in [0.5, 0.6) is 0 Å². The lowest BCUT2D eigenvalue weighted by atomic mass is 10.1. The zero-order valence-electron chi connectivity index (χ0n) is 12.2. The van der Waals surface area contributed by atoms with Gasteiger partial charge < -0.3 is 0 Å².